The van der Waals surface area contributed by atoms with Gasteiger partial charge in [0.2, 0.25) is 11.8 Å². The zero-order valence-electron chi connectivity index (χ0n) is 20.8. The van der Waals surface area contributed by atoms with Crippen molar-refractivity contribution in [1.29, 1.82) is 5.41 Å². The standard InChI is InChI=1S/C26H25FN4O2.C2H6/c1-26(2,3)8-6-16-4-5-22-19(10-16)21(14-32-15-24(28)29)20-11-18(13-31-25(20)33-22)17-7-9-30-23(27)12-17;1-2/h4-5,7,9-13,21H,14-15H2,1-3H3,(H3,28,29);1-2H3. The van der Waals surface area contributed by atoms with Crippen LogP contribution in [0.2, 0.25) is 0 Å². The molecule has 1 aliphatic rings. The number of halogens is 1. The molecule has 3 heterocycles. The van der Waals surface area contributed by atoms with E-state index in [0.29, 0.717) is 17.2 Å². The van der Waals surface area contributed by atoms with Crippen molar-refractivity contribution in [2.45, 2.75) is 40.5 Å². The van der Waals surface area contributed by atoms with E-state index in [-0.39, 0.29) is 30.4 Å². The van der Waals surface area contributed by atoms with E-state index in [4.69, 9.17) is 20.6 Å². The second-order valence-electron chi connectivity index (χ2n) is 8.93. The van der Waals surface area contributed by atoms with Gasteiger partial charge in [0.15, 0.2) is 0 Å². The number of nitrogens with two attached hydrogens (primary N) is 1. The van der Waals surface area contributed by atoms with Gasteiger partial charge in [0.25, 0.3) is 0 Å². The Kier molecular flexibility index (Phi) is 8.21. The van der Waals surface area contributed by atoms with Gasteiger partial charge in [0.05, 0.1) is 6.61 Å². The van der Waals surface area contributed by atoms with E-state index in [9.17, 15) is 4.39 Å². The third kappa shape index (κ3) is 6.65. The summed E-state index contributed by atoms with van der Waals surface area (Å²) in [6.45, 7) is 10.5. The van der Waals surface area contributed by atoms with Gasteiger partial charge in [-0.05, 0) is 56.7 Å². The van der Waals surface area contributed by atoms with E-state index in [1.54, 1.807) is 12.3 Å². The minimum atomic E-state index is -0.560. The second-order valence-corrected chi connectivity index (χ2v) is 8.93. The molecule has 3 aromatic rings. The van der Waals surface area contributed by atoms with Crippen LogP contribution < -0.4 is 10.5 Å². The third-order valence-electron chi connectivity index (χ3n) is 5.03. The van der Waals surface area contributed by atoms with E-state index >= 15 is 0 Å². The molecule has 35 heavy (non-hydrogen) atoms. The summed E-state index contributed by atoms with van der Waals surface area (Å²) in [5, 5.41) is 7.47. The number of pyridine rings is 2. The third-order valence-corrected chi connectivity index (χ3v) is 5.03. The maximum Gasteiger partial charge on any atom is 0.223 e. The predicted molar refractivity (Wildman–Crippen MR) is 136 cm³/mol. The molecule has 0 spiro atoms. The summed E-state index contributed by atoms with van der Waals surface area (Å²) in [5.41, 5.74) is 9.34. The minimum Gasteiger partial charge on any atom is -0.438 e. The molecule has 2 aromatic heterocycles. The highest BCUT2D eigenvalue weighted by Gasteiger charge is 2.29. The summed E-state index contributed by atoms with van der Waals surface area (Å²) in [5.74, 6) is 6.79. The fraction of sp³-hybridized carbons (Fsp3) is 0.321. The molecule has 0 aliphatic carbocycles. The largest absolute Gasteiger partial charge is 0.438 e. The average Bonchev–Trinajstić information content (AvgIpc) is 2.82. The van der Waals surface area contributed by atoms with Gasteiger partial charge < -0.3 is 15.2 Å². The quantitative estimate of drug-likeness (QED) is 0.208. The highest BCUT2D eigenvalue weighted by molar-refractivity contribution is 5.78. The molecular formula is C28H31FN4O2. The Balaban J connectivity index is 0.00000167. The molecule has 7 heteroatoms. The number of aromatic nitrogens is 2. The van der Waals surface area contributed by atoms with Crippen molar-refractivity contribution in [3.05, 3.63) is 71.4 Å². The van der Waals surface area contributed by atoms with E-state index in [2.05, 4.69) is 42.6 Å². The molecule has 3 N–H and O–H groups in total. The molecule has 1 aliphatic heterocycles. The van der Waals surface area contributed by atoms with Gasteiger partial charge in [0, 0.05) is 52.0 Å². The summed E-state index contributed by atoms with van der Waals surface area (Å²) in [7, 11) is 0. The van der Waals surface area contributed by atoms with E-state index in [1.165, 1.54) is 12.3 Å². The van der Waals surface area contributed by atoms with Crippen molar-refractivity contribution in [3.8, 4) is 34.6 Å². The first-order valence-electron chi connectivity index (χ1n) is 11.6. The lowest BCUT2D eigenvalue weighted by Gasteiger charge is -2.28. The summed E-state index contributed by atoms with van der Waals surface area (Å²) in [6.07, 6.45) is 3.07. The Bertz CT molecular complexity index is 1270. The molecule has 6 nitrogen and oxygen atoms in total. The van der Waals surface area contributed by atoms with E-state index in [1.807, 2.05) is 38.1 Å². The van der Waals surface area contributed by atoms with Gasteiger partial charge in [-0.1, -0.05) is 25.7 Å². The molecule has 1 aromatic carbocycles. The van der Waals surface area contributed by atoms with Gasteiger partial charge >= 0.3 is 0 Å². The second kappa shape index (κ2) is 11.1. The maximum atomic E-state index is 13.7. The molecule has 182 valence electrons. The van der Waals surface area contributed by atoms with Gasteiger partial charge in [-0.25, -0.2) is 9.97 Å². The maximum absolute atomic E-state index is 13.7. The topological polar surface area (TPSA) is 94.1 Å². The molecule has 1 unspecified atom stereocenters. The lowest BCUT2D eigenvalue weighted by atomic mass is 9.87. The molecule has 0 bridgehead atoms. The molecule has 0 fully saturated rings. The van der Waals surface area contributed by atoms with Crippen LogP contribution in [0.15, 0.2) is 48.8 Å². The van der Waals surface area contributed by atoms with Crippen LogP contribution in [-0.2, 0) is 4.74 Å². The highest BCUT2D eigenvalue weighted by atomic mass is 19.1. The fourth-order valence-electron chi connectivity index (χ4n) is 3.53. The smallest absolute Gasteiger partial charge is 0.223 e. The molecule has 1 atom stereocenters. The van der Waals surface area contributed by atoms with Crippen LogP contribution in [0.1, 0.15) is 57.2 Å². The normalized spacial score (nSPS) is 13.7. The number of amidine groups is 1. The van der Waals surface area contributed by atoms with Crippen molar-refractivity contribution < 1.29 is 13.9 Å². The van der Waals surface area contributed by atoms with Crippen LogP contribution in [0.5, 0.6) is 11.6 Å². The van der Waals surface area contributed by atoms with Gasteiger partial charge in [-0.3, -0.25) is 5.41 Å². The number of fused-ring (bicyclic) bond motifs is 2. The number of nitrogens with one attached hydrogen (secondary N) is 1. The monoisotopic (exact) mass is 474 g/mol. The van der Waals surface area contributed by atoms with Gasteiger partial charge in [0.1, 0.15) is 18.2 Å². The Morgan fingerprint density at radius 3 is 2.57 bits per heavy atom. The summed E-state index contributed by atoms with van der Waals surface area (Å²) in [4.78, 5) is 8.12. The Labute approximate surface area is 206 Å². The SMILES string of the molecule is CC.CC(C)(C)C#Cc1ccc2c(c1)C(COCC(=N)N)c1cc(-c3ccnc(F)c3)cnc1O2. The summed E-state index contributed by atoms with van der Waals surface area (Å²) in [6, 6.07) is 10.8. The molecule has 4 rings (SSSR count). The first kappa shape index (κ1) is 25.9. The number of nitrogens with zero attached hydrogens (tertiary/aromatic N) is 2. The first-order valence-corrected chi connectivity index (χ1v) is 11.6. The van der Waals surface area contributed by atoms with Crippen molar-refractivity contribution >= 4 is 5.84 Å². The van der Waals surface area contributed by atoms with Crippen LogP contribution in [0.25, 0.3) is 11.1 Å². The van der Waals surface area contributed by atoms with Gasteiger partial charge in [-0.2, -0.15) is 4.39 Å². The molecule has 0 amide bonds. The average molecular weight is 475 g/mol. The van der Waals surface area contributed by atoms with Crippen molar-refractivity contribution in [1.82, 2.24) is 9.97 Å². The van der Waals surface area contributed by atoms with Crippen molar-refractivity contribution in [2.24, 2.45) is 11.1 Å². The van der Waals surface area contributed by atoms with E-state index < -0.39 is 5.95 Å². The fourth-order valence-corrected chi connectivity index (χ4v) is 3.53. The number of rotatable bonds is 5. The summed E-state index contributed by atoms with van der Waals surface area (Å²) < 4.78 is 25.5. The number of hydrogen-bond acceptors (Lipinski definition) is 5. The number of benzene rings is 1. The van der Waals surface area contributed by atoms with E-state index in [0.717, 1.165) is 22.3 Å². The zero-order valence-corrected chi connectivity index (χ0v) is 20.8. The molecule has 0 radical (unpaired) electrons. The lowest BCUT2D eigenvalue weighted by Crippen LogP contribution is -2.22. The molecular weight excluding hydrogens is 443 g/mol. The lowest BCUT2D eigenvalue weighted by molar-refractivity contribution is 0.159. The molecule has 0 saturated heterocycles. The first-order chi connectivity index (χ1) is 16.7. The van der Waals surface area contributed by atoms with Crippen LogP contribution in [0.4, 0.5) is 4.39 Å². The summed E-state index contributed by atoms with van der Waals surface area (Å²) >= 11 is 0. The number of hydrogen-bond donors (Lipinski definition) is 2. The molecule has 0 saturated carbocycles. The Hall–Kier alpha value is -3.76. The minimum absolute atomic E-state index is 0.0221. The van der Waals surface area contributed by atoms with Crippen LogP contribution in [0.3, 0.4) is 0 Å². The van der Waals surface area contributed by atoms with Crippen molar-refractivity contribution in [3.63, 3.8) is 0 Å². The zero-order chi connectivity index (χ0) is 25.6. The highest BCUT2D eigenvalue weighted by Crippen LogP contribution is 2.44. The Morgan fingerprint density at radius 1 is 1.11 bits per heavy atom. The number of ether oxygens (including phenoxy) is 2. The van der Waals surface area contributed by atoms with Crippen LogP contribution >= 0.6 is 0 Å². The van der Waals surface area contributed by atoms with Crippen LogP contribution in [0, 0.1) is 28.6 Å². The van der Waals surface area contributed by atoms with Crippen molar-refractivity contribution in [2.75, 3.05) is 13.2 Å². The van der Waals surface area contributed by atoms with Gasteiger partial charge in [-0.15, -0.1) is 0 Å². The Morgan fingerprint density at radius 2 is 1.89 bits per heavy atom. The predicted octanol–water partition coefficient (Wildman–Crippen LogP) is 5.90. The van der Waals surface area contributed by atoms with Crippen LogP contribution in [-0.4, -0.2) is 29.0 Å².